The van der Waals surface area contributed by atoms with Crippen molar-refractivity contribution in [3.05, 3.63) is 94.5 Å². The zero-order valence-corrected chi connectivity index (χ0v) is 16.6. The molecule has 0 spiro atoms. The van der Waals surface area contributed by atoms with Gasteiger partial charge in [0.05, 0.1) is 16.8 Å². The Hall–Kier alpha value is -4.17. The maximum atomic E-state index is 12.8. The van der Waals surface area contributed by atoms with Gasteiger partial charge in [-0.3, -0.25) is 14.4 Å². The van der Waals surface area contributed by atoms with Crippen LogP contribution in [0, 0.1) is 0 Å². The van der Waals surface area contributed by atoms with Gasteiger partial charge in [-0.15, -0.1) is 0 Å². The Kier molecular flexibility index (Phi) is 6.64. The number of carbonyl (C=O) groups is 3. The van der Waals surface area contributed by atoms with Gasteiger partial charge in [-0.1, -0.05) is 42.5 Å². The third kappa shape index (κ3) is 5.06. The summed E-state index contributed by atoms with van der Waals surface area (Å²) < 4.78 is 5.75. The second-order valence-electron chi connectivity index (χ2n) is 6.71. The summed E-state index contributed by atoms with van der Waals surface area (Å²) in [5.74, 6) is -1.77. The lowest BCUT2D eigenvalue weighted by molar-refractivity contribution is 0.0966. The molecule has 0 radical (unpaired) electrons. The van der Waals surface area contributed by atoms with Crippen molar-refractivity contribution in [2.45, 2.75) is 13.2 Å². The summed E-state index contributed by atoms with van der Waals surface area (Å²) in [5.41, 5.74) is 17.9. The average molecular weight is 418 g/mol. The summed E-state index contributed by atoms with van der Waals surface area (Å²) in [6, 6.07) is 19.2. The van der Waals surface area contributed by atoms with Crippen molar-refractivity contribution in [1.82, 2.24) is 0 Å². The monoisotopic (exact) mass is 418 g/mol. The number of primary amides is 2. The first kappa shape index (κ1) is 21.5. The number of benzene rings is 3. The van der Waals surface area contributed by atoms with E-state index in [1.165, 1.54) is 12.1 Å². The van der Waals surface area contributed by atoms with Crippen molar-refractivity contribution < 1.29 is 19.1 Å². The summed E-state index contributed by atoms with van der Waals surface area (Å²) in [7, 11) is 0. The number of nitrogens with one attached hydrogen (secondary N) is 1. The van der Waals surface area contributed by atoms with Crippen LogP contribution in [0.15, 0.2) is 66.7 Å². The molecule has 0 saturated heterocycles. The molecular formula is C23H22N4O4. The van der Waals surface area contributed by atoms with Gasteiger partial charge in [0.2, 0.25) is 5.91 Å². The molecule has 31 heavy (non-hydrogen) atoms. The normalized spacial score (nSPS) is 10.4. The zero-order chi connectivity index (χ0) is 22.4. The Morgan fingerprint density at radius 3 is 2.19 bits per heavy atom. The van der Waals surface area contributed by atoms with Gasteiger partial charge in [-0.05, 0) is 35.4 Å². The molecule has 0 atom stereocenters. The first-order chi connectivity index (χ1) is 14.9. The van der Waals surface area contributed by atoms with Gasteiger partial charge >= 0.3 is 0 Å². The van der Waals surface area contributed by atoms with Gasteiger partial charge in [0.1, 0.15) is 12.4 Å². The Morgan fingerprint density at radius 2 is 1.55 bits per heavy atom. The quantitative estimate of drug-likeness (QED) is 0.442. The van der Waals surface area contributed by atoms with E-state index in [4.69, 9.17) is 21.9 Å². The zero-order valence-electron chi connectivity index (χ0n) is 16.6. The number of hydrogen-bond donors (Lipinski definition) is 4. The maximum Gasteiger partial charge on any atom is 0.255 e. The second kappa shape index (κ2) is 9.55. The first-order valence-electron chi connectivity index (χ1n) is 9.44. The van der Waals surface area contributed by atoms with E-state index in [2.05, 4.69) is 5.32 Å². The largest absolute Gasteiger partial charge is 0.489 e. The maximum absolute atomic E-state index is 12.8. The van der Waals surface area contributed by atoms with Crippen LogP contribution in [-0.4, -0.2) is 17.7 Å². The standard InChI is InChI=1S/C23H22N4O4/c24-12-16-9-10-18(20(22(26)29)19(16)21(25)28)27-23(30)15-7-4-8-17(11-15)31-13-14-5-2-1-3-6-14/h1-11H,12-13,24H2,(H2,25,28)(H2,26,29)(H,27,30). The number of ether oxygens (including phenoxy) is 1. The Balaban J connectivity index is 1.84. The molecule has 0 heterocycles. The Bertz CT molecular complexity index is 1130. The summed E-state index contributed by atoms with van der Waals surface area (Å²) in [6.45, 7) is 0.327. The van der Waals surface area contributed by atoms with E-state index in [0.717, 1.165) is 5.56 Å². The lowest BCUT2D eigenvalue weighted by Crippen LogP contribution is -2.26. The third-order valence-electron chi connectivity index (χ3n) is 4.60. The molecular weight excluding hydrogens is 396 g/mol. The molecule has 3 amide bonds. The third-order valence-corrected chi connectivity index (χ3v) is 4.60. The molecule has 0 saturated carbocycles. The lowest BCUT2D eigenvalue weighted by atomic mass is 9.97. The van der Waals surface area contributed by atoms with Crippen LogP contribution in [0.4, 0.5) is 5.69 Å². The van der Waals surface area contributed by atoms with Crippen molar-refractivity contribution in [1.29, 1.82) is 0 Å². The fourth-order valence-electron chi connectivity index (χ4n) is 3.12. The van der Waals surface area contributed by atoms with Crippen LogP contribution in [-0.2, 0) is 13.2 Å². The molecule has 8 heteroatoms. The summed E-state index contributed by atoms with van der Waals surface area (Å²) >= 11 is 0. The minimum Gasteiger partial charge on any atom is -0.489 e. The second-order valence-corrected chi connectivity index (χ2v) is 6.71. The number of nitrogens with two attached hydrogens (primary N) is 3. The molecule has 0 unspecified atom stereocenters. The minimum atomic E-state index is -0.903. The first-order valence-corrected chi connectivity index (χ1v) is 9.44. The van der Waals surface area contributed by atoms with Crippen molar-refractivity contribution in [2.24, 2.45) is 17.2 Å². The van der Waals surface area contributed by atoms with Gasteiger partial charge in [0.15, 0.2) is 0 Å². The predicted molar refractivity (Wildman–Crippen MR) is 117 cm³/mol. The molecule has 158 valence electrons. The van der Waals surface area contributed by atoms with Crippen LogP contribution in [0.5, 0.6) is 5.75 Å². The van der Waals surface area contributed by atoms with Crippen LogP contribution >= 0.6 is 0 Å². The highest BCUT2D eigenvalue weighted by Crippen LogP contribution is 2.25. The molecule has 7 N–H and O–H groups in total. The molecule has 0 aliphatic heterocycles. The number of anilines is 1. The minimum absolute atomic E-state index is 0.0203. The molecule has 3 rings (SSSR count). The number of rotatable bonds is 8. The number of hydrogen-bond acceptors (Lipinski definition) is 5. The predicted octanol–water partition coefficient (Wildman–Crippen LogP) is 2.17. The lowest BCUT2D eigenvalue weighted by Gasteiger charge is -2.15. The average Bonchev–Trinajstić information content (AvgIpc) is 2.78. The summed E-state index contributed by atoms with van der Waals surface area (Å²) in [5, 5.41) is 2.61. The van der Waals surface area contributed by atoms with Crippen molar-refractivity contribution in [3.8, 4) is 5.75 Å². The molecule has 0 aromatic heterocycles. The van der Waals surface area contributed by atoms with Gasteiger partial charge in [-0.2, -0.15) is 0 Å². The molecule has 8 nitrogen and oxygen atoms in total. The molecule has 3 aromatic carbocycles. The van der Waals surface area contributed by atoms with Crippen molar-refractivity contribution in [3.63, 3.8) is 0 Å². The van der Waals surface area contributed by atoms with E-state index >= 15 is 0 Å². The topological polar surface area (TPSA) is 151 Å². The molecule has 0 aliphatic rings. The van der Waals surface area contributed by atoms with Crippen LogP contribution < -0.4 is 27.3 Å². The van der Waals surface area contributed by atoms with Crippen LogP contribution in [0.3, 0.4) is 0 Å². The van der Waals surface area contributed by atoms with Crippen LogP contribution in [0.25, 0.3) is 0 Å². The van der Waals surface area contributed by atoms with E-state index in [0.29, 0.717) is 23.5 Å². The van der Waals surface area contributed by atoms with E-state index < -0.39 is 17.7 Å². The smallest absolute Gasteiger partial charge is 0.255 e. The summed E-state index contributed by atoms with van der Waals surface area (Å²) in [6.07, 6.45) is 0. The van der Waals surface area contributed by atoms with E-state index in [9.17, 15) is 14.4 Å². The SMILES string of the molecule is NCc1ccc(NC(=O)c2cccc(OCc3ccccc3)c2)c(C(N)=O)c1C(N)=O. The highest BCUT2D eigenvalue weighted by Gasteiger charge is 2.22. The highest BCUT2D eigenvalue weighted by atomic mass is 16.5. The Morgan fingerprint density at radius 1 is 0.839 bits per heavy atom. The van der Waals surface area contributed by atoms with Crippen molar-refractivity contribution >= 4 is 23.4 Å². The van der Waals surface area contributed by atoms with Crippen molar-refractivity contribution in [2.75, 3.05) is 5.32 Å². The van der Waals surface area contributed by atoms with E-state index in [1.807, 2.05) is 30.3 Å². The highest BCUT2D eigenvalue weighted by molar-refractivity contribution is 6.14. The molecule has 0 aliphatic carbocycles. The molecule has 3 aromatic rings. The van der Waals surface area contributed by atoms with Gasteiger partial charge in [0.25, 0.3) is 11.8 Å². The van der Waals surface area contributed by atoms with E-state index in [1.54, 1.807) is 24.3 Å². The fourth-order valence-corrected chi connectivity index (χ4v) is 3.12. The van der Waals surface area contributed by atoms with Gasteiger partial charge in [-0.25, -0.2) is 0 Å². The van der Waals surface area contributed by atoms with Crippen LogP contribution in [0.2, 0.25) is 0 Å². The molecule has 0 bridgehead atoms. The summed E-state index contributed by atoms with van der Waals surface area (Å²) in [4.78, 5) is 36.7. The van der Waals surface area contributed by atoms with Gasteiger partial charge < -0.3 is 27.3 Å². The van der Waals surface area contributed by atoms with Gasteiger partial charge in [0, 0.05) is 12.1 Å². The Labute approximate surface area is 179 Å². The van der Waals surface area contributed by atoms with Crippen LogP contribution in [0.1, 0.15) is 42.2 Å². The number of amides is 3. The molecule has 0 fully saturated rings. The fraction of sp³-hybridized carbons (Fsp3) is 0.0870. The number of carbonyl (C=O) groups excluding carboxylic acids is 3. The van der Waals surface area contributed by atoms with E-state index in [-0.39, 0.29) is 23.4 Å².